The number of aryl methyl sites for hydroxylation is 2. The van der Waals surface area contributed by atoms with E-state index in [0.29, 0.717) is 11.3 Å². The highest BCUT2D eigenvalue weighted by atomic mass is 16.2. The number of nitrogens with zero attached hydrogens (tertiary/aromatic N) is 5. The predicted molar refractivity (Wildman–Crippen MR) is 85.7 cm³/mol. The number of aromatic nitrogens is 4. The van der Waals surface area contributed by atoms with Gasteiger partial charge in [0.05, 0.1) is 11.0 Å². The minimum Gasteiger partial charge on any atom is -0.377 e. The molecule has 0 aliphatic carbocycles. The van der Waals surface area contributed by atoms with Crippen LogP contribution < -0.4 is 16.1 Å². The normalized spacial score (nSPS) is 11.3. The van der Waals surface area contributed by atoms with Crippen LogP contribution in [0.15, 0.2) is 21.7 Å². The lowest BCUT2D eigenvalue weighted by atomic mass is 10.1. The van der Waals surface area contributed by atoms with E-state index in [9.17, 15) is 9.59 Å². The largest absolute Gasteiger partial charge is 0.377 e. The molecule has 2 aliphatic rings. The third-order valence-corrected chi connectivity index (χ3v) is 3.89. The Hall–Kier alpha value is -2.70. The summed E-state index contributed by atoms with van der Waals surface area (Å²) in [7, 11) is 7.12. The van der Waals surface area contributed by atoms with Crippen LogP contribution in [0.1, 0.15) is 5.56 Å². The molecule has 3 rings (SSSR count). The third-order valence-electron chi connectivity index (χ3n) is 3.89. The van der Waals surface area contributed by atoms with Crippen LogP contribution in [0, 0.1) is 6.92 Å². The average Bonchev–Trinajstić information content (AvgIpc) is 2.46. The number of rotatable bonds is 1. The van der Waals surface area contributed by atoms with E-state index in [1.165, 1.54) is 7.05 Å². The molecule has 2 heterocycles. The Bertz CT molecular complexity index is 984. The summed E-state index contributed by atoms with van der Waals surface area (Å²) >= 11 is 0. The van der Waals surface area contributed by atoms with Crippen LogP contribution in [0.2, 0.25) is 0 Å². The summed E-state index contributed by atoms with van der Waals surface area (Å²) in [5, 5.41) is 0. The van der Waals surface area contributed by atoms with Crippen LogP contribution in [0.5, 0.6) is 0 Å². The van der Waals surface area contributed by atoms with E-state index < -0.39 is 11.2 Å². The molecule has 7 nitrogen and oxygen atoms in total. The van der Waals surface area contributed by atoms with Gasteiger partial charge in [-0.2, -0.15) is 4.98 Å². The van der Waals surface area contributed by atoms with Gasteiger partial charge in [-0.1, -0.05) is 0 Å². The molecule has 22 heavy (non-hydrogen) atoms. The molecular weight excluding hydrogens is 282 g/mol. The summed E-state index contributed by atoms with van der Waals surface area (Å²) in [6.07, 6.45) is 0. The molecule has 0 N–H and O–H groups in total. The van der Waals surface area contributed by atoms with Crippen molar-refractivity contribution in [1.29, 1.82) is 0 Å². The fourth-order valence-corrected chi connectivity index (χ4v) is 2.64. The topological polar surface area (TPSA) is 73.0 Å². The SMILES string of the molecule is Cc1cc2nc3c(=O)n(C)c(=O)nc-3n(C)c2cc1N(C)C. The minimum absolute atomic E-state index is 0.203. The smallest absolute Gasteiger partial charge is 0.352 e. The first-order valence-corrected chi connectivity index (χ1v) is 6.86. The Labute approximate surface area is 126 Å². The van der Waals surface area contributed by atoms with E-state index >= 15 is 0 Å². The minimum atomic E-state index is -0.575. The molecule has 0 spiro atoms. The second kappa shape index (κ2) is 4.66. The Morgan fingerprint density at radius 1 is 1.05 bits per heavy atom. The predicted octanol–water partition coefficient (Wildman–Crippen LogP) is 0.506. The molecule has 7 heteroatoms. The molecule has 0 aromatic heterocycles. The van der Waals surface area contributed by atoms with Gasteiger partial charge >= 0.3 is 5.69 Å². The van der Waals surface area contributed by atoms with Gasteiger partial charge in [0.2, 0.25) is 0 Å². The molecule has 0 saturated heterocycles. The fraction of sp³-hybridized carbons (Fsp3) is 0.333. The van der Waals surface area contributed by atoms with Gasteiger partial charge in [0.15, 0.2) is 11.5 Å². The van der Waals surface area contributed by atoms with Crippen molar-refractivity contribution in [3.8, 4) is 11.5 Å². The zero-order valence-electron chi connectivity index (χ0n) is 13.2. The summed E-state index contributed by atoms with van der Waals surface area (Å²) in [6.45, 7) is 2.00. The van der Waals surface area contributed by atoms with Crippen LogP contribution in [0.4, 0.5) is 5.69 Å². The highest BCUT2D eigenvalue weighted by Gasteiger charge is 2.19. The number of hydrogen-bond donors (Lipinski definition) is 0. The lowest BCUT2D eigenvalue weighted by Gasteiger charge is -2.19. The average molecular weight is 299 g/mol. The van der Waals surface area contributed by atoms with Gasteiger partial charge in [-0.15, -0.1) is 0 Å². The number of fused-ring (bicyclic) bond motifs is 2. The standard InChI is InChI=1S/C15H17N5O2/c1-8-6-9-11(7-10(8)18(2)3)19(4)13-12(16-9)14(21)20(5)15(22)17-13/h6-7H,1-5H3. The maximum absolute atomic E-state index is 12.2. The third kappa shape index (κ3) is 1.89. The van der Waals surface area contributed by atoms with Crippen molar-refractivity contribution >= 4 is 16.7 Å². The molecule has 0 saturated carbocycles. The van der Waals surface area contributed by atoms with Gasteiger partial charge in [0, 0.05) is 33.9 Å². The Morgan fingerprint density at radius 2 is 1.73 bits per heavy atom. The van der Waals surface area contributed by atoms with E-state index in [1.807, 2.05) is 38.1 Å². The maximum atomic E-state index is 12.2. The maximum Gasteiger partial charge on any atom is 0.352 e. The van der Waals surface area contributed by atoms with Gasteiger partial charge in [0.1, 0.15) is 0 Å². The van der Waals surface area contributed by atoms with Crippen molar-refractivity contribution in [3.05, 3.63) is 38.5 Å². The van der Waals surface area contributed by atoms with Crippen LogP contribution in [0.3, 0.4) is 0 Å². The van der Waals surface area contributed by atoms with Gasteiger partial charge in [0.25, 0.3) is 5.56 Å². The van der Waals surface area contributed by atoms with Crippen molar-refractivity contribution in [2.75, 3.05) is 19.0 Å². The molecule has 0 amide bonds. The second-order valence-electron chi connectivity index (χ2n) is 5.62. The van der Waals surface area contributed by atoms with Crippen molar-refractivity contribution < 1.29 is 0 Å². The molecule has 1 aromatic rings. The zero-order chi connectivity index (χ0) is 16.2. The summed E-state index contributed by atoms with van der Waals surface area (Å²) in [6, 6.07) is 3.93. The van der Waals surface area contributed by atoms with Gasteiger partial charge in [-0.05, 0) is 24.6 Å². The van der Waals surface area contributed by atoms with Crippen LogP contribution in [-0.2, 0) is 14.1 Å². The summed E-state index contributed by atoms with van der Waals surface area (Å²) in [5.41, 5.74) is 2.84. The first kappa shape index (κ1) is 14.2. The van der Waals surface area contributed by atoms with Gasteiger partial charge in [-0.25, -0.2) is 9.78 Å². The van der Waals surface area contributed by atoms with E-state index in [-0.39, 0.29) is 5.69 Å². The Kier molecular flexibility index (Phi) is 3.01. The molecule has 114 valence electrons. The first-order valence-electron chi connectivity index (χ1n) is 6.86. The fourth-order valence-electron chi connectivity index (χ4n) is 2.64. The van der Waals surface area contributed by atoms with Crippen molar-refractivity contribution in [2.24, 2.45) is 14.1 Å². The molecule has 0 unspecified atom stereocenters. The molecular formula is C15H17N5O2. The second-order valence-corrected chi connectivity index (χ2v) is 5.62. The molecule has 0 bridgehead atoms. The van der Waals surface area contributed by atoms with E-state index in [4.69, 9.17) is 0 Å². The van der Waals surface area contributed by atoms with E-state index in [2.05, 4.69) is 9.97 Å². The van der Waals surface area contributed by atoms with Crippen LogP contribution in [-0.4, -0.2) is 33.2 Å². The monoisotopic (exact) mass is 299 g/mol. The van der Waals surface area contributed by atoms with Crippen LogP contribution in [0.25, 0.3) is 22.6 Å². The molecule has 1 aromatic carbocycles. The summed E-state index contributed by atoms with van der Waals surface area (Å²) in [5.74, 6) is 0.300. The van der Waals surface area contributed by atoms with Crippen molar-refractivity contribution in [1.82, 2.24) is 19.1 Å². The van der Waals surface area contributed by atoms with Gasteiger partial charge < -0.3 is 9.47 Å². The molecule has 0 radical (unpaired) electrons. The lowest BCUT2D eigenvalue weighted by Crippen LogP contribution is -2.36. The molecule has 0 atom stereocenters. The number of anilines is 1. The number of hydrogen-bond acceptors (Lipinski definition) is 5. The lowest BCUT2D eigenvalue weighted by molar-refractivity contribution is 0.748. The molecule has 0 fully saturated rings. The van der Waals surface area contributed by atoms with Gasteiger partial charge in [-0.3, -0.25) is 9.36 Å². The highest BCUT2D eigenvalue weighted by Crippen LogP contribution is 2.26. The Morgan fingerprint density at radius 3 is 2.36 bits per heavy atom. The number of benzene rings is 1. The quantitative estimate of drug-likeness (QED) is 0.612. The highest BCUT2D eigenvalue weighted by molar-refractivity contribution is 5.84. The first-order chi connectivity index (χ1) is 10.3. The zero-order valence-corrected chi connectivity index (χ0v) is 13.2. The molecule has 2 aliphatic heterocycles. The van der Waals surface area contributed by atoms with Crippen LogP contribution >= 0.6 is 0 Å². The summed E-state index contributed by atoms with van der Waals surface area (Å²) < 4.78 is 2.72. The summed E-state index contributed by atoms with van der Waals surface area (Å²) in [4.78, 5) is 34.4. The Balaban J connectivity index is 2.53. The van der Waals surface area contributed by atoms with Crippen molar-refractivity contribution in [2.45, 2.75) is 6.92 Å². The van der Waals surface area contributed by atoms with E-state index in [0.717, 1.165) is 21.3 Å². The van der Waals surface area contributed by atoms with E-state index in [1.54, 1.807) is 11.6 Å². The van der Waals surface area contributed by atoms with Crippen molar-refractivity contribution in [3.63, 3.8) is 0 Å².